The Balaban J connectivity index is 2.19. The molecular weight excluding hydrogens is 318 g/mol. The smallest absolute Gasteiger partial charge is 0.254 e. The van der Waals surface area contributed by atoms with E-state index >= 15 is 0 Å². The topological polar surface area (TPSA) is 59.0 Å². The van der Waals surface area contributed by atoms with Gasteiger partial charge in [-0.1, -0.05) is 25.4 Å². The fraction of sp³-hybridized carbons (Fsp3) is 0.588. The molecule has 1 fully saturated rings. The number of aliphatic hydroxyl groups is 1. The van der Waals surface area contributed by atoms with Gasteiger partial charge in [-0.05, 0) is 30.9 Å². The molecule has 1 amide bonds. The molecule has 0 bridgehead atoms. The summed E-state index contributed by atoms with van der Waals surface area (Å²) < 4.78 is 11.0. The van der Waals surface area contributed by atoms with Gasteiger partial charge < -0.3 is 19.5 Å². The third-order valence-corrected chi connectivity index (χ3v) is 4.07. The Morgan fingerprint density at radius 3 is 2.61 bits per heavy atom. The molecule has 23 heavy (non-hydrogen) atoms. The van der Waals surface area contributed by atoms with Gasteiger partial charge in [0.25, 0.3) is 5.91 Å². The largest absolute Gasteiger partial charge is 0.493 e. The molecule has 0 saturated carbocycles. The minimum absolute atomic E-state index is 0.104. The van der Waals surface area contributed by atoms with Crippen molar-refractivity contribution in [2.75, 3.05) is 26.8 Å². The van der Waals surface area contributed by atoms with Crippen molar-refractivity contribution in [3.05, 3.63) is 22.7 Å². The molecule has 1 aromatic rings. The first-order valence-corrected chi connectivity index (χ1v) is 8.27. The molecule has 2 rings (SSSR count). The van der Waals surface area contributed by atoms with Crippen LogP contribution in [0.15, 0.2) is 12.1 Å². The molecule has 0 radical (unpaired) electrons. The van der Waals surface area contributed by atoms with Crippen molar-refractivity contribution in [1.82, 2.24) is 4.90 Å². The Kier molecular flexibility index (Phi) is 6.13. The van der Waals surface area contributed by atoms with Gasteiger partial charge in [0.05, 0.1) is 24.8 Å². The number of benzene rings is 1. The molecule has 128 valence electrons. The van der Waals surface area contributed by atoms with Crippen LogP contribution >= 0.6 is 11.6 Å². The number of halogens is 1. The average molecular weight is 342 g/mol. The Morgan fingerprint density at radius 2 is 2.04 bits per heavy atom. The highest BCUT2D eigenvalue weighted by Gasteiger charge is 2.24. The lowest BCUT2D eigenvalue weighted by Crippen LogP contribution is -2.40. The number of piperidine rings is 1. The fourth-order valence-corrected chi connectivity index (χ4v) is 2.75. The van der Waals surface area contributed by atoms with Gasteiger partial charge in [0, 0.05) is 18.7 Å². The molecule has 1 aliphatic heterocycles. The first kappa shape index (κ1) is 17.9. The van der Waals surface area contributed by atoms with Gasteiger partial charge in [-0.25, -0.2) is 0 Å². The molecule has 6 heteroatoms. The maximum Gasteiger partial charge on any atom is 0.254 e. The van der Waals surface area contributed by atoms with Gasteiger partial charge in [0.2, 0.25) is 0 Å². The summed E-state index contributed by atoms with van der Waals surface area (Å²) >= 11 is 6.29. The number of hydrogen-bond acceptors (Lipinski definition) is 4. The third-order valence-electron chi connectivity index (χ3n) is 3.79. The second-order valence-electron chi connectivity index (χ2n) is 6.22. The highest BCUT2D eigenvalue weighted by Crippen LogP contribution is 2.37. The van der Waals surface area contributed by atoms with Crippen LogP contribution in [0.4, 0.5) is 0 Å². The molecular formula is C17H24ClNO4. The van der Waals surface area contributed by atoms with E-state index < -0.39 is 0 Å². The van der Waals surface area contributed by atoms with E-state index in [1.165, 1.54) is 7.11 Å². The maximum atomic E-state index is 12.6. The van der Waals surface area contributed by atoms with Crippen LogP contribution in [0.25, 0.3) is 0 Å². The highest BCUT2D eigenvalue weighted by atomic mass is 35.5. The number of carbonyl (C=O) groups excluding carboxylic acids is 1. The Hall–Kier alpha value is -1.46. The summed E-state index contributed by atoms with van der Waals surface area (Å²) in [6, 6.07) is 3.28. The van der Waals surface area contributed by atoms with E-state index in [1.807, 2.05) is 13.8 Å². The van der Waals surface area contributed by atoms with E-state index in [0.717, 1.165) is 0 Å². The minimum Gasteiger partial charge on any atom is -0.493 e. The quantitative estimate of drug-likeness (QED) is 0.894. The normalized spacial score (nSPS) is 15.8. The summed E-state index contributed by atoms with van der Waals surface area (Å²) in [6.07, 6.45) is 0.891. The van der Waals surface area contributed by atoms with E-state index in [2.05, 4.69) is 0 Å². The van der Waals surface area contributed by atoms with Crippen LogP contribution in [0.2, 0.25) is 5.02 Å². The summed E-state index contributed by atoms with van der Waals surface area (Å²) in [6.45, 7) is 5.70. The second-order valence-corrected chi connectivity index (χ2v) is 6.62. The number of aliphatic hydroxyl groups excluding tert-OH is 1. The first-order chi connectivity index (χ1) is 10.9. The van der Waals surface area contributed by atoms with Gasteiger partial charge in [-0.2, -0.15) is 0 Å². The molecule has 5 nitrogen and oxygen atoms in total. The van der Waals surface area contributed by atoms with Gasteiger partial charge in [-0.15, -0.1) is 0 Å². The van der Waals surface area contributed by atoms with Crippen LogP contribution in [-0.2, 0) is 0 Å². The predicted octanol–water partition coefficient (Wildman–Crippen LogP) is 2.98. The minimum atomic E-state index is -0.316. The standard InChI is InChI=1S/C17H24ClNO4/c1-11(2)10-23-16-14(18)8-12(9-15(16)22-3)17(21)19-6-4-13(20)5-7-19/h8-9,11,13,20H,4-7,10H2,1-3H3. The number of ether oxygens (including phenoxy) is 2. The maximum absolute atomic E-state index is 12.6. The number of rotatable bonds is 5. The summed E-state index contributed by atoms with van der Waals surface area (Å²) in [7, 11) is 1.53. The van der Waals surface area contributed by atoms with Crippen LogP contribution in [0.1, 0.15) is 37.0 Å². The van der Waals surface area contributed by atoms with E-state index in [4.69, 9.17) is 21.1 Å². The van der Waals surface area contributed by atoms with Crippen molar-refractivity contribution in [2.45, 2.75) is 32.8 Å². The third kappa shape index (κ3) is 4.52. The van der Waals surface area contributed by atoms with Crippen molar-refractivity contribution in [3.63, 3.8) is 0 Å². The summed E-state index contributed by atoms with van der Waals surface area (Å²) in [4.78, 5) is 14.3. The fourth-order valence-electron chi connectivity index (χ4n) is 2.48. The van der Waals surface area contributed by atoms with Crippen LogP contribution in [0.3, 0.4) is 0 Å². The lowest BCUT2D eigenvalue weighted by molar-refractivity contribution is 0.0546. The number of amides is 1. The number of nitrogens with zero attached hydrogens (tertiary/aromatic N) is 1. The predicted molar refractivity (Wildman–Crippen MR) is 89.5 cm³/mol. The molecule has 1 N–H and O–H groups in total. The van der Waals surface area contributed by atoms with Crippen molar-refractivity contribution >= 4 is 17.5 Å². The Labute approximate surface area is 142 Å². The molecule has 0 aromatic heterocycles. The van der Waals surface area contributed by atoms with Crippen LogP contribution in [0, 0.1) is 5.92 Å². The van der Waals surface area contributed by atoms with Crippen molar-refractivity contribution in [1.29, 1.82) is 0 Å². The molecule has 1 saturated heterocycles. The molecule has 1 heterocycles. The number of carbonyl (C=O) groups is 1. The molecule has 1 aromatic carbocycles. The van der Waals surface area contributed by atoms with Crippen LogP contribution in [-0.4, -0.2) is 48.8 Å². The Bertz CT molecular complexity index is 554. The molecule has 0 atom stereocenters. The van der Waals surface area contributed by atoms with Gasteiger partial charge in [0.1, 0.15) is 0 Å². The first-order valence-electron chi connectivity index (χ1n) is 7.90. The lowest BCUT2D eigenvalue weighted by Gasteiger charge is -2.29. The zero-order chi connectivity index (χ0) is 17.0. The van der Waals surface area contributed by atoms with Gasteiger partial charge >= 0.3 is 0 Å². The summed E-state index contributed by atoms with van der Waals surface area (Å²) in [5.41, 5.74) is 0.472. The van der Waals surface area contributed by atoms with E-state index in [9.17, 15) is 9.90 Å². The van der Waals surface area contributed by atoms with Gasteiger partial charge in [0.15, 0.2) is 11.5 Å². The SMILES string of the molecule is COc1cc(C(=O)N2CCC(O)CC2)cc(Cl)c1OCC(C)C. The van der Waals surface area contributed by atoms with Crippen molar-refractivity contribution in [3.8, 4) is 11.5 Å². The summed E-state index contributed by atoms with van der Waals surface area (Å²) in [5.74, 6) is 1.18. The van der Waals surface area contributed by atoms with E-state index in [-0.39, 0.29) is 12.0 Å². The molecule has 0 unspecified atom stereocenters. The number of methoxy groups -OCH3 is 1. The number of likely N-dealkylation sites (tertiary alicyclic amines) is 1. The van der Waals surface area contributed by atoms with Crippen molar-refractivity contribution in [2.24, 2.45) is 5.92 Å². The molecule has 1 aliphatic rings. The monoisotopic (exact) mass is 341 g/mol. The zero-order valence-corrected chi connectivity index (χ0v) is 14.6. The molecule has 0 aliphatic carbocycles. The lowest BCUT2D eigenvalue weighted by atomic mass is 10.1. The number of hydrogen-bond donors (Lipinski definition) is 1. The molecule has 0 spiro atoms. The highest BCUT2D eigenvalue weighted by molar-refractivity contribution is 6.32. The van der Waals surface area contributed by atoms with E-state index in [0.29, 0.717) is 60.5 Å². The van der Waals surface area contributed by atoms with Gasteiger partial charge in [-0.3, -0.25) is 4.79 Å². The average Bonchev–Trinajstić information content (AvgIpc) is 2.52. The second kappa shape index (κ2) is 7.88. The zero-order valence-electron chi connectivity index (χ0n) is 13.8. The Morgan fingerprint density at radius 1 is 1.39 bits per heavy atom. The van der Waals surface area contributed by atoms with Crippen LogP contribution < -0.4 is 9.47 Å². The van der Waals surface area contributed by atoms with E-state index in [1.54, 1.807) is 17.0 Å². The van der Waals surface area contributed by atoms with Crippen molar-refractivity contribution < 1.29 is 19.4 Å². The van der Waals surface area contributed by atoms with Crippen LogP contribution in [0.5, 0.6) is 11.5 Å². The summed E-state index contributed by atoms with van der Waals surface area (Å²) in [5, 5.41) is 9.92.